The van der Waals surface area contributed by atoms with E-state index in [1.54, 1.807) is 0 Å². The Morgan fingerprint density at radius 3 is 3.00 bits per heavy atom. The average Bonchev–Trinajstić information content (AvgIpc) is 2.70. The standard InChI is InChI=1S/C11H20ClN3O/c1-7-5-9(12)8(11(13)16)6-10(7)15-4-2-3-14-15/h5,8-11,14,16H,2-4,6,13H2,1H3. The Balaban J connectivity index is 2.10. The first kappa shape index (κ1) is 12.3. The summed E-state index contributed by atoms with van der Waals surface area (Å²) in [7, 11) is 0. The van der Waals surface area contributed by atoms with Crippen molar-refractivity contribution < 1.29 is 5.11 Å². The molecule has 4 nitrogen and oxygen atoms in total. The zero-order valence-electron chi connectivity index (χ0n) is 9.56. The van der Waals surface area contributed by atoms with Gasteiger partial charge in [-0.05, 0) is 19.8 Å². The number of hydrazine groups is 1. The van der Waals surface area contributed by atoms with Crippen molar-refractivity contribution in [2.75, 3.05) is 13.1 Å². The van der Waals surface area contributed by atoms with Gasteiger partial charge in [0.05, 0.1) is 5.38 Å². The van der Waals surface area contributed by atoms with Crippen molar-refractivity contribution in [3.63, 3.8) is 0 Å². The maximum absolute atomic E-state index is 9.52. The van der Waals surface area contributed by atoms with E-state index in [1.807, 2.05) is 6.08 Å². The van der Waals surface area contributed by atoms with E-state index in [2.05, 4.69) is 17.4 Å². The van der Waals surface area contributed by atoms with Gasteiger partial charge in [0, 0.05) is 25.0 Å². The summed E-state index contributed by atoms with van der Waals surface area (Å²) in [5.41, 5.74) is 10.2. The lowest BCUT2D eigenvalue weighted by atomic mass is 9.84. The van der Waals surface area contributed by atoms with Crippen molar-refractivity contribution in [2.24, 2.45) is 11.7 Å². The van der Waals surface area contributed by atoms with E-state index in [4.69, 9.17) is 17.3 Å². The Labute approximate surface area is 101 Å². The molecule has 1 heterocycles. The second-order valence-electron chi connectivity index (χ2n) is 4.72. The molecule has 0 spiro atoms. The fourth-order valence-corrected chi connectivity index (χ4v) is 3.03. The predicted octanol–water partition coefficient (Wildman–Crippen LogP) is 0.416. The third-order valence-corrected chi connectivity index (χ3v) is 4.01. The minimum absolute atomic E-state index is 0.0576. The van der Waals surface area contributed by atoms with Crippen LogP contribution in [0.1, 0.15) is 19.8 Å². The molecule has 1 fully saturated rings. The first-order valence-electron chi connectivity index (χ1n) is 5.86. The minimum atomic E-state index is -0.836. The lowest BCUT2D eigenvalue weighted by Gasteiger charge is -2.37. The molecule has 0 radical (unpaired) electrons. The molecular weight excluding hydrogens is 226 g/mol. The maximum atomic E-state index is 9.52. The number of nitrogens with zero attached hydrogens (tertiary/aromatic N) is 1. The molecule has 1 aliphatic heterocycles. The van der Waals surface area contributed by atoms with Crippen molar-refractivity contribution in [1.29, 1.82) is 0 Å². The number of rotatable bonds is 2. The normalized spacial score (nSPS) is 38.5. The average molecular weight is 246 g/mol. The van der Waals surface area contributed by atoms with E-state index in [9.17, 15) is 5.11 Å². The van der Waals surface area contributed by atoms with Gasteiger partial charge in [-0.3, -0.25) is 5.43 Å². The van der Waals surface area contributed by atoms with Crippen LogP contribution in [0.4, 0.5) is 0 Å². The highest BCUT2D eigenvalue weighted by atomic mass is 35.5. The molecule has 0 aromatic carbocycles. The number of aliphatic hydroxyl groups excluding tert-OH is 1. The van der Waals surface area contributed by atoms with E-state index in [1.165, 1.54) is 12.0 Å². The van der Waals surface area contributed by atoms with Gasteiger partial charge in [-0.2, -0.15) is 0 Å². The van der Waals surface area contributed by atoms with Crippen LogP contribution in [-0.4, -0.2) is 40.9 Å². The van der Waals surface area contributed by atoms with Crippen LogP contribution in [0, 0.1) is 5.92 Å². The molecule has 0 saturated carbocycles. The van der Waals surface area contributed by atoms with Crippen LogP contribution in [-0.2, 0) is 0 Å². The Morgan fingerprint density at radius 2 is 2.44 bits per heavy atom. The maximum Gasteiger partial charge on any atom is 0.107 e. The summed E-state index contributed by atoms with van der Waals surface area (Å²) in [6.07, 6.45) is 3.18. The first-order valence-corrected chi connectivity index (χ1v) is 6.29. The van der Waals surface area contributed by atoms with Gasteiger partial charge in [-0.1, -0.05) is 11.6 Å². The van der Waals surface area contributed by atoms with E-state index < -0.39 is 6.23 Å². The van der Waals surface area contributed by atoms with Gasteiger partial charge >= 0.3 is 0 Å². The van der Waals surface area contributed by atoms with E-state index >= 15 is 0 Å². The molecule has 4 unspecified atom stereocenters. The molecule has 0 amide bonds. The second-order valence-corrected chi connectivity index (χ2v) is 5.22. The highest BCUT2D eigenvalue weighted by molar-refractivity contribution is 6.22. The van der Waals surface area contributed by atoms with E-state index in [0.717, 1.165) is 19.5 Å². The van der Waals surface area contributed by atoms with Gasteiger partial charge in [0.25, 0.3) is 0 Å². The molecule has 1 saturated heterocycles. The highest BCUT2D eigenvalue weighted by Gasteiger charge is 2.35. The molecule has 0 aromatic rings. The fraction of sp³-hybridized carbons (Fsp3) is 0.818. The van der Waals surface area contributed by atoms with Crippen LogP contribution in [0.25, 0.3) is 0 Å². The molecule has 0 bridgehead atoms. The van der Waals surface area contributed by atoms with Crippen LogP contribution in [0.3, 0.4) is 0 Å². The monoisotopic (exact) mass is 245 g/mol. The summed E-state index contributed by atoms with van der Waals surface area (Å²) in [5, 5.41) is 11.6. The lowest BCUT2D eigenvalue weighted by Crippen LogP contribution is -2.48. The third kappa shape index (κ3) is 2.41. The molecule has 4 atom stereocenters. The number of alkyl halides is 1. The van der Waals surface area contributed by atoms with Gasteiger partial charge in [0.15, 0.2) is 0 Å². The van der Waals surface area contributed by atoms with Gasteiger partial charge in [-0.25, -0.2) is 5.01 Å². The van der Waals surface area contributed by atoms with Gasteiger partial charge in [-0.15, -0.1) is 11.6 Å². The molecule has 2 aliphatic rings. The highest BCUT2D eigenvalue weighted by Crippen LogP contribution is 2.32. The summed E-state index contributed by atoms with van der Waals surface area (Å²) in [6.45, 7) is 4.18. The molecule has 92 valence electrons. The second kappa shape index (κ2) is 5.02. The van der Waals surface area contributed by atoms with E-state index in [0.29, 0.717) is 6.04 Å². The summed E-state index contributed by atoms with van der Waals surface area (Å²) in [4.78, 5) is 0. The quantitative estimate of drug-likeness (QED) is 0.375. The minimum Gasteiger partial charge on any atom is -0.378 e. The number of hydrogen-bond acceptors (Lipinski definition) is 4. The molecular formula is C11H20ClN3O. The van der Waals surface area contributed by atoms with Crippen molar-refractivity contribution in [3.05, 3.63) is 11.6 Å². The fourth-order valence-electron chi connectivity index (χ4n) is 2.58. The van der Waals surface area contributed by atoms with E-state index in [-0.39, 0.29) is 11.3 Å². The van der Waals surface area contributed by atoms with Crippen LogP contribution < -0.4 is 11.2 Å². The molecule has 16 heavy (non-hydrogen) atoms. The Hall–Kier alpha value is -0.130. The zero-order valence-corrected chi connectivity index (χ0v) is 10.3. The van der Waals surface area contributed by atoms with Crippen LogP contribution in [0.2, 0.25) is 0 Å². The number of hydrogen-bond donors (Lipinski definition) is 3. The van der Waals surface area contributed by atoms with Gasteiger partial charge < -0.3 is 10.8 Å². The molecule has 5 heteroatoms. The predicted molar refractivity (Wildman–Crippen MR) is 64.8 cm³/mol. The summed E-state index contributed by atoms with van der Waals surface area (Å²) < 4.78 is 0. The number of nitrogens with two attached hydrogens (primary N) is 1. The molecule has 2 rings (SSSR count). The van der Waals surface area contributed by atoms with Crippen molar-refractivity contribution in [3.8, 4) is 0 Å². The third-order valence-electron chi connectivity index (χ3n) is 3.56. The van der Waals surface area contributed by atoms with Crippen molar-refractivity contribution >= 4 is 11.6 Å². The van der Waals surface area contributed by atoms with Crippen molar-refractivity contribution in [2.45, 2.75) is 37.4 Å². The molecule has 0 aromatic heterocycles. The zero-order chi connectivity index (χ0) is 11.7. The topological polar surface area (TPSA) is 61.5 Å². The summed E-state index contributed by atoms with van der Waals surface area (Å²) in [6, 6.07) is 0.320. The summed E-state index contributed by atoms with van der Waals surface area (Å²) >= 11 is 6.19. The van der Waals surface area contributed by atoms with Crippen LogP contribution in [0.5, 0.6) is 0 Å². The number of allylic oxidation sites excluding steroid dienone is 1. The van der Waals surface area contributed by atoms with Crippen LogP contribution in [0.15, 0.2) is 11.6 Å². The first-order chi connectivity index (χ1) is 7.59. The Bertz CT molecular complexity index is 276. The number of aliphatic hydroxyl groups is 1. The van der Waals surface area contributed by atoms with Crippen molar-refractivity contribution in [1.82, 2.24) is 10.4 Å². The number of halogens is 1. The Kier molecular flexibility index (Phi) is 3.87. The SMILES string of the molecule is CC1=CC(Cl)C(C(N)O)CC1N1CCCN1. The molecule has 4 N–H and O–H groups in total. The lowest BCUT2D eigenvalue weighted by molar-refractivity contribution is 0.0785. The van der Waals surface area contributed by atoms with Gasteiger partial charge in [0.2, 0.25) is 0 Å². The van der Waals surface area contributed by atoms with Gasteiger partial charge in [0.1, 0.15) is 6.23 Å². The smallest absolute Gasteiger partial charge is 0.107 e. The Morgan fingerprint density at radius 1 is 1.69 bits per heavy atom. The summed E-state index contributed by atoms with van der Waals surface area (Å²) in [5.74, 6) is -0.0576. The molecule has 1 aliphatic carbocycles. The largest absolute Gasteiger partial charge is 0.378 e. The van der Waals surface area contributed by atoms with Crippen LogP contribution >= 0.6 is 11.6 Å². The number of nitrogens with one attached hydrogen (secondary N) is 1.